The number of nitrogens with two attached hydrogens (primary N) is 1. The molecule has 3 aromatic rings. The number of phenolic OH excluding ortho intramolecular Hbond substituents is 2. The fourth-order valence-corrected chi connectivity index (χ4v) is 7.17. The zero-order valence-corrected chi connectivity index (χ0v) is 30.4. The number of carbonyl (C=O) groups excluding carboxylic acids is 4. The van der Waals surface area contributed by atoms with Crippen LogP contribution >= 0.6 is 12.4 Å². The SMILES string of the molecule is COc1cccc2c1C(=O)c1c(O)c3c(c(O)c1C2=O)C[C@@](O)(C(=O)COC(=O)c1ccc(CCCO[N+](=O)[O-])cc1)C[C@@H]3O[C@H]1C[C@H](N)[C@H](O)[C@H](C)O1.Cl. The molecule has 3 aliphatic rings. The van der Waals surface area contributed by atoms with E-state index in [-0.39, 0.29) is 59.0 Å². The molecular formula is C37H39ClN2O15. The van der Waals surface area contributed by atoms with E-state index < -0.39 is 107 Å². The second-order valence-electron chi connectivity index (χ2n) is 13.4. The van der Waals surface area contributed by atoms with E-state index in [2.05, 4.69) is 4.84 Å². The van der Waals surface area contributed by atoms with Crippen molar-refractivity contribution in [3.8, 4) is 17.2 Å². The predicted octanol–water partition coefficient (Wildman–Crippen LogP) is 2.43. The molecule has 1 fully saturated rings. The molecule has 0 amide bonds. The molecule has 1 heterocycles. The van der Waals surface area contributed by atoms with Gasteiger partial charge in [0.2, 0.25) is 11.6 Å². The van der Waals surface area contributed by atoms with Crippen LogP contribution < -0.4 is 10.5 Å². The first-order valence-electron chi connectivity index (χ1n) is 17.1. The number of hydrogen-bond acceptors (Lipinski definition) is 16. The van der Waals surface area contributed by atoms with E-state index in [1.165, 1.54) is 37.4 Å². The second kappa shape index (κ2) is 16.3. The maximum atomic E-state index is 13.9. The molecule has 3 aromatic carbocycles. The minimum Gasteiger partial charge on any atom is -0.507 e. The average Bonchev–Trinajstić information content (AvgIpc) is 3.14. The Hall–Kier alpha value is -5.17. The summed E-state index contributed by atoms with van der Waals surface area (Å²) >= 11 is 0. The van der Waals surface area contributed by atoms with Crippen molar-refractivity contribution in [3.05, 3.63) is 97.1 Å². The maximum Gasteiger partial charge on any atom is 0.338 e. The van der Waals surface area contributed by atoms with Crippen molar-refractivity contribution in [2.75, 3.05) is 20.3 Å². The van der Waals surface area contributed by atoms with E-state index in [0.29, 0.717) is 12.8 Å². The number of benzene rings is 3. The van der Waals surface area contributed by atoms with Gasteiger partial charge < -0.3 is 49.9 Å². The van der Waals surface area contributed by atoms with Crippen molar-refractivity contribution in [1.29, 1.82) is 0 Å². The molecule has 18 heteroatoms. The number of fused-ring (bicyclic) bond motifs is 3. The molecule has 0 saturated carbocycles. The van der Waals surface area contributed by atoms with Crippen LogP contribution in [-0.4, -0.2) is 99.3 Å². The van der Waals surface area contributed by atoms with Crippen molar-refractivity contribution in [3.63, 3.8) is 0 Å². The van der Waals surface area contributed by atoms with Gasteiger partial charge in [0.15, 0.2) is 18.7 Å². The summed E-state index contributed by atoms with van der Waals surface area (Å²) in [6.45, 7) is 0.535. The number of aliphatic hydroxyl groups is 2. The Morgan fingerprint density at radius 3 is 2.40 bits per heavy atom. The van der Waals surface area contributed by atoms with Crippen LogP contribution in [0.25, 0.3) is 0 Å². The number of aryl methyl sites for hydroxylation is 1. The van der Waals surface area contributed by atoms with Gasteiger partial charge in [-0.1, -0.05) is 24.3 Å². The molecule has 0 bridgehead atoms. The summed E-state index contributed by atoms with van der Waals surface area (Å²) in [5.74, 6) is -4.97. The molecule has 6 N–H and O–H groups in total. The van der Waals surface area contributed by atoms with Crippen molar-refractivity contribution in [1.82, 2.24) is 0 Å². The lowest BCUT2D eigenvalue weighted by atomic mass is 9.72. The van der Waals surface area contributed by atoms with E-state index >= 15 is 0 Å². The molecule has 0 unspecified atom stereocenters. The number of hydrogen-bond donors (Lipinski definition) is 5. The van der Waals surface area contributed by atoms with Crippen molar-refractivity contribution >= 4 is 35.7 Å². The smallest absolute Gasteiger partial charge is 0.338 e. The van der Waals surface area contributed by atoms with Gasteiger partial charge in [0.1, 0.15) is 22.8 Å². The molecule has 2 aliphatic carbocycles. The summed E-state index contributed by atoms with van der Waals surface area (Å²) in [6, 6.07) is 9.59. The summed E-state index contributed by atoms with van der Waals surface area (Å²) in [6.07, 6.45) is -4.95. The second-order valence-corrected chi connectivity index (χ2v) is 13.4. The first-order chi connectivity index (χ1) is 25.6. The third-order valence-electron chi connectivity index (χ3n) is 9.99. The van der Waals surface area contributed by atoms with Crippen LogP contribution in [0.5, 0.6) is 17.2 Å². The van der Waals surface area contributed by atoms with Gasteiger partial charge in [-0.05, 0) is 43.5 Å². The summed E-state index contributed by atoms with van der Waals surface area (Å²) in [5, 5.41) is 55.1. The van der Waals surface area contributed by atoms with Gasteiger partial charge in [-0.25, -0.2) is 4.79 Å². The molecule has 6 rings (SSSR count). The highest BCUT2D eigenvalue weighted by molar-refractivity contribution is 6.31. The Bertz CT molecular complexity index is 2010. The summed E-state index contributed by atoms with van der Waals surface area (Å²) in [5.41, 5.74) is 2.80. The van der Waals surface area contributed by atoms with Crippen LogP contribution in [0.3, 0.4) is 0 Å². The van der Waals surface area contributed by atoms with Crippen molar-refractivity contribution in [2.24, 2.45) is 5.73 Å². The third kappa shape index (κ3) is 7.85. The number of ketones is 3. The fraction of sp³-hybridized carbons (Fsp3) is 0.405. The topological polar surface area (TPSA) is 265 Å². The number of methoxy groups -OCH3 is 1. The number of halogens is 1. The quantitative estimate of drug-likeness (QED) is 0.0454. The Kier molecular flexibility index (Phi) is 12.1. The summed E-state index contributed by atoms with van der Waals surface area (Å²) in [4.78, 5) is 69.0. The lowest BCUT2D eigenvalue weighted by Gasteiger charge is -2.42. The molecule has 1 saturated heterocycles. The fourth-order valence-electron chi connectivity index (χ4n) is 7.17. The molecule has 55 heavy (non-hydrogen) atoms. The number of aliphatic hydroxyl groups excluding tert-OH is 1. The minimum absolute atomic E-state index is 0. The van der Waals surface area contributed by atoms with Gasteiger partial charge in [0, 0.05) is 42.0 Å². The molecule has 17 nitrogen and oxygen atoms in total. The standard InChI is InChI=1S/C37H38N2O15.ClH/c1-17-31(41)22(38)13-26(53-17)54-24-15-37(47,25(40)16-51-36(46)19-10-8-18(9-11-19)5-4-12-52-39(48)49)14-21-28(24)35(45)30-29(33(21)43)32(42)20-6-3-7-23(50-2)27(20)34(30)44;/h3,6-11,17,22,24,26,31,41,43,45,47H,4-5,12-16,38H2,1-2H3;1H/t17-,22-,24-,26-,31+,37-;/m0./s1. The van der Waals surface area contributed by atoms with Crippen molar-refractivity contribution < 1.29 is 68.5 Å². The third-order valence-corrected chi connectivity index (χ3v) is 9.99. The number of rotatable bonds is 12. The number of carbonyl (C=O) groups is 4. The Labute approximate surface area is 319 Å². The number of esters is 1. The monoisotopic (exact) mass is 786 g/mol. The normalized spacial score (nSPS) is 24.1. The zero-order valence-electron chi connectivity index (χ0n) is 29.6. The number of Topliss-reactive ketones (excluding diaryl/α,β-unsaturated/α-hetero) is 1. The first-order valence-corrected chi connectivity index (χ1v) is 17.1. The van der Waals surface area contributed by atoms with Crippen LogP contribution in [0.15, 0.2) is 42.5 Å². The van der Waals surface area contributed by atoms with E-state index in [1.807, 2.05) is 0 Å². The number of aromatic hydroxyl groups is 2. The minimum atomic E-state index is -2.41. The number of phenols is 2. The van der Waals surface area contributed by atoms with E-state index in [9.17, 15) is 49.7 Å². The van der Waals surface area contributed by atoms with E-state index in [4.69, 9.17) is 24.7 Å². The summed E-state index contributed by atoms with van der Waals surface area (Å²) in [7, 11) is 1.30. The number of nitrogens with zero attached hydrogens (tertiary/aromatic N) is 1. The average molecular weight is 787 g/mol. The Balaban J connectivity index is 0.00000580. The van der Waals surface area contributed by atoms with E-state index in [0.717, 1.165) is 5.56 Å². The molecule has 0 spiro atoms. The van der Waals surface area contributed by atoms with Gasteiger partial charge >= 0.3 is 5.97 Å². The van der Waals surface area contributed by atoms with Crippen molar-refractivity contribution in [2.45, 2.75) is 75.3 Å². The maximum absolute atomic E-state index is 13.9. The van der Waals surface area contributed by atoms with Gasteiger partial charge in [0.05, 0.1) is 54.3 Å². The van der Waals surface area contributed by atoms with Gasteiger partial charge in [0.25, 0.3) is 5.09 Å². The van der Waals surface area contributed by atoms with E-state index in [1.54, 1.807) is 19.1 Å². The zero-order chi connectivity index (χ0) is 39.1. The number of ether oxygens (including phenoxy) is 4. The first kappa shape index (κ1) is 41.0. The lowest BCUT2D eigenvalue weighted by Crippen LogP contribution is -2.53. The van der Waals surface area contributed by atoms with Crippen LogP contribution in [-0.2, 0) is 36.7 Å². The van der Waals surface area contributed by atoms with Crippen LogP contribution in [0.4, 0.5) is 0 Å². The largest absolute Gasteiger partial charge is 0.507 e. The molecule has 0 radical (unpaired) electrons. The summed E-state index contributed by atoms with van der Waals surface area (Å²) < 4.78 is 22.5. The molecule has 1 aliphatic heterocycles. The Morgan fingerprint density at radius 2 is 1.75 bits per heavy atom. The van der Waals surface area contributed by atoms with Gasteiger partial charge in [-0.2, -0.15) is 0 Å². The van der Waals surface area contributed by atoms with Crippen LogP contribution in [0, 0.1) is 10.1 Å². The predicted molar refractivity (Wildman–Crippen MR) is 190 cm³/mol. The molecular weight excluding hydrogens is 748 g/mol. The van der Waals surface area contributed by atoms with Crippen LogP contribution in [0.1, 0.15) is 91.2 Å². The van der Waals surface area contributed by atoms with Gasteiger partial charge in [-0.3, -0.25) is 14.4 Å². The Morgan fingerprint density at radius 1 is 1.05 bits per heavy atom. The highest BCUT2D eigenvalue weighted by Crippen LogP contribution is 2.52. The lowest BCUT2D eigenvalue weighted by molar-refractivity contribution is -0.757. The van der Waals surface area contributed by atoms with Gasteiger partial charge in [-0.15, -0.1) is 22.5 Å². The highest BCUT2D eigenvalue weighted by Gasteiger charge is 2.50. The molecule has 6 atom stereocenters. The molecule has 0 aromatic heterocycles. The van der Waals surface area contributed by atoms with Crippen LogP contribution in [0.2, 0.25) is 0 Å². The molecule has 294 valence electrons. The highest BCUT2D eigenvalue weighted by atomic mass is 35.5.